The van der Waals surface area contributed by atoms with E-state index in [2.05, 4.69) is 0 Å². The first-order chi connectivity index (χ1) is 9.40. The Morgan fingerprint density at radius 3 is 2.00 bits per heavy atom. The number of carbonyl (C=O) groups is 2. The van der Waals surface area contributed by atoms with Crippen LogP contribution in [-0.4, -0.2) is 45.8 Å². The van der Waals surface area contributed by atoms with Gasteiger partial charge in [-0.2, -0.15) is 0 Å². The number of rotatable bonds is 6. The van der Waals surface area contributed by atoms with Gasteiger partial charge in [0.2, 0.25) is 0 Å². The highest BCUT2D eigenvalue weighted by molar-refractivity contribution is 5.80. The minimum Gasteiger partial charge on any atom is -0.480 e. The van der Waals surface area contributed by atoms with Crippen LogP contribution in [0.3, 0.4) is 0 Å². The number of ether oxygens (including phenoxy) is 1. The molecule has 0 aliphatic heterocycles. The van der Waals surface area contributed by atoms with Crippen molar-refractivity contribution < 1.29 is 19.4 Å². The van der Waals surface area contributed by atoms with Crippen LogP contribution in [0.25, 0.3) is 0 Å². The van der Waals surface area contributed by atoms with E-state index < -0.39 is 29.2 Å². The number of carbonyl (C=O) groups excluding carboxylic acids is 1. The lowest BCUT2D eigenvalue weighted by Gasteiger charge is -2.40. The third-order valence-electron chi connectivity index (χ3n) is 2.84. The van der Waals surface area contributed by atoms with Gasteiger partial charge in [-0.1, -0.05) is 0 Å². The summed E-state index contributed by atoms with van der Waals surface area (Å²) in [4.78, 5) is 25.3. The standard InChI is InChI=1S/C15H30N2O4/c1-14(2,3)17(13(20)21-15(4,5)6)11(12(18)19)9-7-8-10-16/h11H,7-10,16H2,1-6H3,(H,18,19)/t11-/m0/s1. The van der Waals surface area contributed by atoms with Crippen molar-refractivity contribution in [3.8, 4) is 0 Å². The Labute approximate surface area is 127 Å². The third-order valence-corrected chi connectivity index (χ3v) is 2.84. The maximum Gasteiger partial charge on any atom is 0.411 e. The molecule has 0 fully saturated rings. The Morgan fingerprint density at radius 1 is 1.14 bits per heavy atom. The molecule has 124 valence electrons. The molecular formula is C15H30N2O4. The first-order valence-corrected chi connectivity index (χ1v) is 7.35. The Hall–Kier alpha value is -1.30. The van der Waals surface area contributed by atoms with E-state index in [4.69, 9.17) is 10.5 Å². The Balaban J connectivity index is 5.25. The van der Waals surface area contributed by atoms with E-state index in [9.17, 15) is 14.7 Å². The van der Waals surface area contributed by atoms with E-state index in [1.54, 1.807) is 41.5 Å². The van der Waals surface area contributed by atoms with Crippen molar-refractivity contribution in [2.45, 2.75) is 78.0 Å². The van der Waals surface area contributed by atoms with Crippen molar-refractivity contribution in [3.05, 3.63) is 0 Å². The van der Waals surface area contributed by atoms with Crippen LogP contribution in [-0.2, 0) is 9.53 Å². The van der Waals surface area contributed by atoms with Crippen LogP contribution in [0.1, 0.15) is 60.8 Å². The van der Waals surface area contributed by atoms with Crippen LogP contribution in [0.4, 0.5) is 4.79 Å². The van der Waals surface area contributed by atoms with Crippen molar-refractivity contribution in [3.63, 3.8) is 0 Å². The molecule has 0 aliphatic rings. The molecule has 0 spiro atoms. The first-order valence-electron chi connectivity index (χ1n) is 7.35. The van der Waals surface area contributed by atoms with Crippen LogP contribution >= 0.6 is 0 Å². The lowest BCUT2D eigenvalue weighted by Crippen LogP contribution is -2.55. The number of nitrogens with two attached hydrogens (primary N) is 1. The molecule has 21 heavy (non-hydrogen) atoms. The highest BCUT2D eigenvalue weighted by atomic mass is 16.6. The quantitative estimate of drug-likeness (QED) is 0.736. The molecule has 0 radical (unpaired) electrons. The van der Waals surface area contributed by atoms with Crippen LogP contribution in [0.15, 0.2) is 0 Å². The van der Waals surface area contributed by atoms with Crippen LogP contribution < -0.4 is 5.73 Å². The van der Waals surface area contributed by atoms with Gasteiger partial charge in [0.05, 0.1) is 0 Å². The van der Waals surface area contributed by atoms with Crippen molar-refractivity contribution in [1.29, 1.82) is 0 Å². The van der Waals surface area contributed by atoms with E-state index in [1.807, 2.05) is 0 Å². The SMILES string of the molecule is CC(C)(C)OC(=O)N([C@@H](CCCCN)C(=O)O)C(C)(C)C. The monoisotopic (exact) mass is 302 g/mol. The van der Waals surface area contributed by atoms with Gasteiger partial charge in [0.15, 0.2) is 0 Å². The first kappa shape index (κ1) is 19.7. The summed E-state index contributed by atoms with van der Waals surface area (Å²) in [6.45, 7) is 11.2. The number of amides is 1. The van der Waals surface area contributed by atoms with Crippen LogP contribution in [0, 0.1) is 0 Å². The van der Waals surface area contributed by atoms with Gasteiger partial charge in [-0.3, -0.25) is 4.90 Å². The van der Waals surface area contributed by atoms with Crippen molar-refractivity contribution >= 4 is 12.1 Å². The fourth-order valence-corrected chi connectivity index (χ4v) is 2.02. The molecular weight excluding hydrogens is 272 g/mol. The molecule has 6 nitrogen and oxygen atoms in total. The highest BCUT2D eigenvalue weighted by Gasteiger charge is 2.39. The van der Waals surface area contributed by atoms with E-state index in [0.29, 0.717) is 19.4 Å². The molecule has 3 N–H and O–H groups in total. The Bertz CT molecular complexity index is 356. The summed E-state index contributed by atoms with van der Waals surface area (Å²) in [6.07, 6.45) is 1.15. The van der Waals surface area contributed by atoms with Crippen molar-refractivity contribution in [2.75, 3.05) is 6.54 Å². The van der Waals surface area contributed by atoms with E-state index >= 15 is 0 Å². The van der Waals surface area contributed by atoms with E-state index in [-0.39, 0.29) is 0 Å². The predicted molar refractivity (Wildman–Crippen MR) is 82.2 cm³/mol. The molecule has 0 rings (SSSR count). The number of hydrogen-bond donors (Lipinski definition) is 2. The van der Waals surface area contributed by atoms with Gasteiger partial charge in [0.1, 0.15) is 11.6 Å². The second-order valence-electron chi connectivity index (χ2n) is 7.16. The molecule has 0 saturated carbocycles. The average molecular weight is 302 g/mol. The zero-order chi connectivity index (χ0) is 16.8. The van der Waals surface area contributed by atoms with Crippen molar-refractivity contribution in [2.24, 2.45) is 5.73 Å². The zero-order valence-corrected chi connectivity index (χ0v) is 14.1. The zero-order valence-electron chi connectivity index (χ0n) is 14.1. The average Bonchev–Trinajstić information content (AvgIpc) is 2.23. The third kappa shape index (κ3) is 7.32. The topological polar surface area (TPSA) is 92.9 Å². The number of carboxylic acids is 1. The minimum atomic E-state index is -1.02. The summed E-state index contributed by atoms with van der Waals surface area (Å²) in [5, 5.41) is 9.47. The van der Waals surface area contributed by atoms with Gasteiger partial charge in [-0.15, -0.1) is 0 Å². The smallest absolute Gasteiger partial charge is 0.411 e. The summed E-state index contributed by atoms with van der Waals surface area (Å²) < 4.78 is 5.36. The molecule has 0 heterocycles. The van der Waals surface area contributed by atoms with Gasteiger partial charge in [-0.25, -0.2) is 9.59 Å². The second kappa shape index (κ2) is 7.64. The van der Waals surface area contributed by atoms with Crippen molar-refractivity contribution in [1.82, 2.24) is 4.90 Å². The highest BCUT2D eigenvalue weighted by Crippen LogP contribution is 2.24. The molecule has 0 bridgehead atoms. The minimum absolute atomic E-state index is 0.364. The molecule has 1 amide bonds. The molecule has 0 aromatic heterocycles. The summed E-state index contributed by atoms with van der Waals surface area (Å²) in [6, 6.07) is -0.911. The molecule has 1 atom stereocenters. The van der Waals surface area contributed by atoms with Crippen LogP contribution in [0.2, 0.25) is 0 Å². The fourth-order valence-electron chi connectivity index (χ4n) is 2.02. The number of nitrogens with zero attached hydrogens (tertiary/aromatic N) is 1. The molecule has 6 heteroatoms. The number of carboxylic acid groups (broad SMARTS) is 1. The molecule has 0 aromatic rings. The molecule has 0 aromatic carbocycles. The lowest BCUT2D eigenvalue weighted by molar-refractivity contribution is -0.145. The number of hydrogen-bond acceptors (Lipinski definition) is 4. The van der Waals surface area contributed by atoms with E-state index in [0.717, 1.165) is 6.42 Å². The Morgan fingerprint density at radius 2 is 1.67 bits per heavy atom. The molecule has 0 aliphatic carbocycles. The van der Waals surface area contributed by atoms with E-state index in [1.165, 1.54) is 4.90 Å². The predicted octanol–water partition coefficient (Wildman–Crippen LogP) is 2.60. The largest absolute Gasteiger partial charge is 0.480 e. The summed E-state index contributed by atoms with van der Waals surface area (Å²) in [5.74, 6) is -1.02. The lowest BCUT2D eigenvalue weighted by atomic mass is 10.00. The molecule has 0 unspecified atom stereocenters. The number of aliphatic carboxylic acids is 1. The van der Waals surface area contributed by atoms with Gasteiger partial charge >= 0.3 is 12.1 Å². The fraction of sp³-hybridized carbons (Fsp3) is 0.867. The van der Waals surface area contributed by atoms with Gasteiger partial charge in [-0.05, 0) is 67.3 Å². The summed E-state index contributed by atoms with van der Waals surface area (Å²) in [7, 11) is 0. The number of unbranched alkanes of at least 4 members (excludes halogenated alkanes) is 1. The van der Waals surface area contributed by atoms with Gasteiger partial charge in [0, 0.05) is 5.54 Å². The second-order valence-corrected chi connectivity index (χ2v) is 7.16. The maximum atomic E-state index is 12.4. The maximum absolute atomic E-state index is 12.4. The van der Waals surface area contributed by atoms with Crippen LogP contribution in [0.5, 0.6) is 0 Å². The Kier molecular flexibility index (Phi) is 7.16. The molecule has 0 saturated heterocycles. The van der Waals surface area contributed by atoms with Gasteiger partial charge < -0.3 is 15.6 Å². The summed E-state index contributed by atoms with van der Waals surface area (Å²) >= 11 is 0. The van der Waals surface area contributed by atoms with Gasteiger partial charge in [0.25, 0.3) is 0 Å². The normalized spacial score (nSPS) is 13.7. The summed E-state index contributed by atoms with van der Waals surface area (Å²) in [5.41, 5.74) is 4.13.